The van der Waals surface area contributed by atoms with E-state index >= 15 is 0 Å². The van der Waals surface area contributed by atoms with E-state index in [9.17, 15) is 9.59 Å². The summed E-state index contributed by atoms with van der Waals surface area (Å²) in [5, 5.41) is 7.36. The molecule has 0 aliphatic rings. The van der Waals surface area contributed by atoms with Gasteiger partial charge in [0, 0.05) is 17.3 Å². The van der Waals surface area contributed by atoms with Crippen molar-refractivity contribution < 1.29 is 9.59 Å². The molecule has 142 valence electrons. The predicted molar refractivity (Wildman–Crippen MR) is 113 cm³/mol. The maximum Gasteiger partial charge on any atom is 0.271 e. The topological polar surface area (TPSA) is 71.1 Å². The monoisotopic (exact) mass is 381 g/mol. The first-order valence-electron chi connectivity index (χ1n) is 9.28. The number of aromatic nitrogens is 1. The lowest BCUT2D eigenvalue weighted by molar-refractivity contribution is -0.118. The molecule has 4 rings (SSSR count). The number of amides is 2. The summed E-state index contributed by atoms with van der Waals surface area (Å²) in [5.41, 5.74) is 1.64. The molecule has 4 aromatic rings. The first-order chi connectivity index (χ1) is 14.2. The Balaban J connectivity index is 1.64. The van der Waals surface area contributed by atoms with Gasteiger partial charge in [0.25, 0.3) is 11.8 Å². The zero-order valence-corrected chi connectivity index (χ0v) is 15.6. The molecule has 1 unspecified atom stereocenters. The molecular weight excluding hydrogens is 362 g/mol. The Kier molecular flexibility index (Phi) is 5.29. The highest BCUT2D eigenvalue weighted by molar-refractivity contribution is 6.07. The zero-order valence-electron chi connectivity index (χ0n) is 15.6. The molecule has 0 spiro atoms. The number of nitrogens with zero attached hydrogens (tertiary/aromatic N) is 1. The first kappa shape index (κ1) is 18.4. The third-order valence-corrected chi connectivity index (χ3v) is 4.60. The van der Waals surface area contributed by atoms with E-state index in [-0.39, 0.29) is 11.6 Å². The van der Waals surface area contributed by atoms with E-state index in [1.165, 1.54) is 0 Å². The number of carbonyl (C=O) groups excluding carboxylic acids is 2. The van der Waals surface area contributed by atoms with Gasteiger partial charge in [-0.2, -0.15) is 0 Å². The van der Waals surface area contributed by atoms with Crippen molar-refractivity contribution in [3.8, 4) is 0 Å². The van der Waals surface area contributed by atoms with Crippen LogP contribution in [0.25, 0.3) is 10.8 Å². The van der Waals surface area contributed by atoms with Gasteiger partial charge < -0.3 is 10.6 Å². The van der Waals surface area contributed by atoms with Crippen molar-refractivity contribution in [2.75, 3.05) is 5.32 Å². The van der Waals surface area contributed by atoms with Gasteiger partial charge in [0.15, 0.2) is 0 Å². The maximum atomic E-state index is 13.0. The lowest BCUT2D eigenvalue weighted by Crippen LogP contribution is -2.37. The van der Waals surface area contributed by atoms with Gasteiger partial charge in [-0.05, 0) is 29.1 Å². The molecule has 1 aromatic heterocycles. The molecule has 0 bridgehead atoms. The van der Waals surface area contributed by atoms with Crippen molar-refractivity contribution in [1.29, 1.82) is 0 Å². The number of para-hydroxylation sites is 1. The summed E-state index contributed by atoms with van der Waals surface area (Å²) in [4.78, 5) is 30.3. The summed E-state index contributed by atoms with van der Waals surface area (Å²) in [6.07, 6.45) is 1.60. The molecule has 2 N–H and O–H groups in total. The van der Waals surface area contributed by atoms with Crippen LogP contribution in [-0.2, 0) is 4.79 Å². The van der Waals surface area contributed by atoms with Gasteiger partial charge in [0.1, 0.15) is 11.7 Å². The van der Waals surface area contributed by atoms with Gasteiger partial charge in [-0.3, -0.25) is 14.6 Å². The van der Waals surface area contributed by atoms with Crippen LogP contribution >= 0.6 is 0 Å². The summed E-state index contributed by atoms with van der Waals surface area (Å²) < 4.78 is 0. The van der Waals surface area contributed by atoms with E-state index in [1.807, 2.05) is 78.9 Å². The van der Waals surface area contributed by atoms with Gasteiger partial charge in [0.05, 0.1) is 0 Å². The first-order valence-corrected chi connectivity index (χ1v) is 9.28. The van der Waals surface area contributed by atoms with Gasteiger partial charge >= 0.3 is 0 Å². The number of hydrogen-bond donors (Lipinski definition) is 2. The number of fused-ring (bicyclic) bond motifs is 1. The average Bonchev–Trinajstić information content (AvgIpc) is 2.78. The smallest absolute Gasteiger partial charge is 0.271 e. The molecule has 29 heavy (non-hydrogen) atoms. The fraction of sp³-hybridized carbons (Fsp3) is 0.0417. The molecule has 5 nitrogen and oxygen atoms in total. The second-order valence-corrected chi connectivity index (χ2v) is 6.55. The number of nitrogens with one attached hydrogen (secondary N) is 2. The molecule has 1 atom stereocenters. The van der Waals surface area contributed by atoms with E-state index in [0.717, 1.165) is 10.8 Å². The molecule has 0 saturated heterocycles. The summed E-state index contributed by atoms with van der Waals surface area (Å²) in [6, 6.07) is 26.8. The summed E-state index contributed by atoms with van der Waals surface area (Å²) in [7, 11) is 0. The van der Waals surface area contributed by atoms with Crippen molar-refractivity contribution in [1.82, 2.24) is 10.3 Å². The third-order valence-electron chi connectivity index (χ3n) is 4.60. The van der Waals surface area contributed by atoms with E-state index in [4.69, 9.17) is 0 Å². The SMILES string of the molecule is O=C(NC(C(=O)Nc1ccccc1)c1ccccc1)c1nccc2ccccc12. The second kappa shape index (κ2) is 8.35. The van der Waals surface area contributed by atoms with E-state index in [2.05, 4.69) is 15.6 Å². The predicted octanol–water partition coefficient (Wildman–Crippen LogP) is 4.34. The van der Waals surface area contributed by atoms with Crippen LogP contribution in [0.2, 0.25) is 0 Å². The molecule has 0 aliphatic heterocycles. The largest absolute Gasteiger partial charge is 0.335 e. The Labute approximate surface area is 168 Å². The Bertz CT molecular complexity index is 1140. The molecule has 5 heteroatoms. The number of carbonyl (C=O) groups is 2. The van der Waals surface area contributed by atoms with E-state index in [0.29, 0.717) is 11.3 Å². The van der Waals surface area contributed by atoms with Crippen LogP contribution in [0, 0.1) is 0 Å². The molecule has 0 radical (unpaired) electrons. The molecule has 3 aromatic carbocycles. The van der Waals surface area contributed by atoms with Gasteiger partial charge in [-0.25, -0.2) is 0 Å². The van der Waals surface area contributed by atoms with Crippen molar-refractivity contribution >= 4 is 28.3 Å². The minimum atomic E-state index is -0.857. The van der Waals surface area contributed by atoms with Gasteiger partial charge in [-0.1, -0.05) is 72.8 Å². The minimum Gasteiger partial charge on any atom is -0.335 e. The van der Waals surface area contributed by atoms with Crippen LogP contribution in [0.4, 0.5) is 5.69 Å². The lowest BCUT2D eigenvalue weighted by Gasteiger charge is -2.19. The Morgan fingerprint density at radius 2 is 1.41 bits per heavy atom. The lowest BCUT2D eigenvalue weighted by atomic mass is 10.0. The Morgan fingerprint density at radius 3 is 2.17 bits per heavy atom. The molecule has 1 heterocycles. The van der Waals surface area contributed by atoms with Crippen molar-refractivity contribution in [3.05, 3.63) is 108 Å². The zero-order chi connectivity index (χ0) is 20.1. The number of anilines is 1. The third kappa shape index (κ3) is 4.14. The highest BCUT2D eigenvalue weighted by Crippen LogP contribution is 2.20. The summed E-state index contributed by atoms with van der Waals surface area (Å²) >= 11 is 0. The van der Waals surface area contributed by atoms with Crippen LogP contribution in [0.3, 0.4) is 0 Å². The Morgan fingerprint density at radius 1 is 0.759 bits per heavy atom. The molecular formula is C24H19N3O2. The van der Waals surface area contributed by atoms with Gasteiger partial charge in [0.2, 0.25) is 0 Å². The highest BCUT2D eigenvalue weighted by atomic mass is 16.2. The quantitative estimate of drug-likeness (QED) is 0.540. The van der Waals surface area contributed by atoms with E-state index in [1.54, 1.807) is 18.3 Å². The highest BCUT2D eigenvalue weighted by Gasteiger charge is 2.24. The molecule has 0 saturated carbocycles. The van der Waals surface area contributed by atoms with Crippen molar-refractivity contribution in [2.24, 2.45) is 0 Å². The standard InChI is InChI=1S/C24H19N3O2/c28-23(26-19-12-5-2-6-13-19)21(18-10-3-1-4-11-18)27-24(29)22-20-14-8-7-9-17(20)15-16-25-22/h1-16,21H,(H,26,28)(H,27,29). The van der Waals surface area contributed by atoms with Crippen LogP contribution in [-0.4, -0.2) is 16.8 Å². The Hall–Kier alpha value is -3.99. The number of pyridine rings is 1. The minimum absolute atomic E-state index is 0.288. The fourth-order valence-electron chi connectivity index (χ4n) is 3.18. The average molecular weight is 381 g/mol. The molecule has 0 aliphatic carbocycles. The normalized spacial score (nSPS) is 11.6. The number of hydrogen-bond acceptors (Lipinski definition) is 3. The van der Waals surface area contributed by atoms with Crippen molar-refractivity contribution in [3.63, 3.8) is 0 Å². The van der Waals surface area contributed by atoms with Gasteiger partial charge in [-0.15, -0.1) is 0 Å². The van der Waals surface area contributed by atoms with Crippen LogP contribution in [0.15, 0.2) is 97.2 Å². The van der Waals surface area contributed by atoms with Crippen LogP contribution < -0.4 is 10.6 Å². The van der Waals surface area contributed by atoms with Crippen molar-refractivity contribution in [2.45, 2.75) is 6.04 Å². The number of rotatable bonds is 5. The maximum absolute atomic E-state index is 13.0. The molecule has 2 amide bonds. The second-order valence-electron chi connectivity index (χ2n) is 6.55. The van der Waals surface area contributed by atoms with Crippen LogP contribution in [0.1, 0.15) is 22.1 Å². The van der Waals surface area contributed by atoms with E-state index < -0.39 is 11.9 Å². The summed E-state index contributed by atoms with van der Waals surface area (Å²) in [5.74, 6) is -0.727. The molecule has 0 fully saturated rings. The fourth-order valence-corrected chi connectivity index (χ4v) is 3.18. The van der Waals surface area contributed by atoms with Crippen LogP contribution in [0.5, 0.6) is 0 Å². The number of benzene rings is 3. The summed E-state index contributed by atoms with van der Waals surface area (Å²) in [6.45, 7) is 0.